The third-order valence-corrected chi connectivity index (χ3v) is 16.3. The second kappa shape index (κ2) is 30.0. The Morgan fingerprint density at radius 1 is 0.671 bits per heavy atom. The van der Waals surface area contributed by atoms with Crippen LogP contribution in [0, 0.1) is 5.92 Å². The zero-order valence-corrected chi connectivity index (χ0v) is 46.9. The molecule has 452 valence electrons. The predicted molar refractivity (Wildman–Crippen MR) is 305 cm³/mol. The number of thiocarbonyl (C=S) groups is 1. The molecule has 3 saturated heterocycles. The number of aliphatic imine (C=N–C) groups is 3. The highest BCUT2D eigenvalue weighted by molar-refractivity contribution is 7.80. The van der Waals surface area contributed by atoms with E-state index >= 15 is 4.79 Å². The van der Waals surface area contributed by atoms with Gasteiger partial charge in [0, 0.05) is 58.2 Å². The second-order valence-corrected chi connectivity index (χ2v) is 22.0. The second-order valence-electron chi connectivity index (χ2n) is 21.6. The number of amides is 7. The molecule has 1 unspecified atom stereocenters. The van der Waals surface area contributed by atoms with Crippen LogP contribution >= 0.6 is 12.2 Å². The Kier molecular flexibility index (Phi) is 23.3. The minimum atomic E-state index is -1.27. The lowest BCUT2D eigenvalue weighted by Gasteiger charge is -2.43. The van der Waals surface area contributed by atoms with Crippen LogP contribution in [0.2, 0.25) is 0 Å². The zero-order valence-electron chi connectivity index (χ0n) is 46.1. The number of fused-ring (bicyclic) bond motifs is 2. The molecule has 1 aliphatic carbocycles. The van der Waals surface area contributed by atoms with Crippen molar-refractivity contribution in [3.63, 3.8) is 0 Å². The van der Waals surface area contributed by atoms with Crippen LogP contribution in [0.1, 0.15) is 101 Å². The standard InChI is InChI=1S/C52H82N18O11S/c53-32(12-5-17-60-50(54)55)42(74)65-33(13-6-18-61-51(56)57)45(77)67-20-8-16-37(67)46(78)68-26-31(72)23-38(68)43(75)63-24-41(73)64-35(27-71)48(82)69-25-30-11-2-1-9-28(30)21-40(69)47(79)70-36-15-4-3-10-29(36)22-39(70)44(76)66-34(49(80)81)14-7-19-62-52(58)59/h1-2,9,11,29,31-40,71-72H,3-8,10,12-27,53H2,(H,63,75)(H,64,73)(H,65,74)(H,66,76)(H,80,81)(H4,54,55,60)(H4,56,57,61)(H4,58,59,62)/t29-,31?,32+,33+,34-,35-,36-,37-,38-,39-,40+/m0/s1. The molecule has 4 fully saturated rings. The van der Waals surface area contributed by atoms with E-state index in [-0.39, 0.29) is 125 Å². The van der Waals surface area contributed by atoms with Crippen LogP contribution in [0.25, 0.3) is 0 Å². The molecule has 30 heteroatoms. The summed E-state index contributed by atoms with van der Waals surface area (Å²) in [5.41, 5.74) is 40.5. The Morgan fingerprint density at radius 3 is 1.93 bits per heavy atom. The number of carbonyl (C=O) groups excluding carboxylic acids is 7. The molecule has 4 heterocycles. The fourth-order valence-electron chi connectivity index (χ4n) is 11.8. The van der Waals surface area contributed by atoms with Crippen molar-refractivity contribution in [2.24, 2.45) is 61.0 Å². The number of aliphatic carboxylic acids is 1. The van der Waals surface area contributed by atoms with Crippen LogP contribution in [0.3, 0.4) is 0 Å². The van der Waals surface area contributed by atoms with Gasteiger partial charge in [0.25, 0.3) is 0 Å². The largest absolute Gasteiger partial charge is 0.480 e. The average Bonchev–Trinajstić information content (AvgIpc) is 4.37. The minimum Gasteiger partial charge on any atom is -0.480 e. The van der Waals surface area contributed by atoms with E-state index in [4.69, 9.17) is 52.4 Å². The molecule has 0 radical (unpaired) electrons. The van der Waals surface area contributed by atoms with Crippen LogP contribution in [0.5, 0.6) is 0 Å². The van der Waals surface area contributed by atoms with Crippen LogP contribution < -0.4 is 61.4 Å². The smallest absolute Gasteiger partial charge is 0.326 e. The van der Waals surface area contributed by atoms with E-state index in [0.29, 0.717) is 25.7 Å². The quantitative estimate of drug-likeness (QED) is 0.0179. The van der Waals surface area contributed by atoms with Crippen molar-refractivity contribution in [2.45, 2.75) is 163 Å². The number of carboxylic acid groups (broad SMARTS) is 1. The van der Waals surface area contributed by atoms with Gasteiger partial charge in [0.05, 0.1) is 25.3 Å². The minimum absolute atomic E-state index is 0.00594. The number of nitrogens with zero attached hydrogens (tertiary/aromatic N) is 7. The summed E-state index contributed by atoms with van der Waals surface area (Å²) in [7, 11) is 0. The van der Waals surface area contributed by atoms with Crippen LogP contribution in [0.15, 0.2) is 39.2 Å². The molecule has 7 amide bonds. The lowest BCUT2D eigenvalue weighted by atomic mass is 9.84. The first kappa shape index (κ1) is 63.7. The van der Waals surface area contributed by atoms with Gasteiger partial charge in [-0.2, -0.15) is 0 Å². The molecule has 0 spiro atoms. The van der Waals surface area contributed by atoms with Gasteiger partial charge in [-0.3, -0.25) is 48.5 Å². The number of nitrogens with two attached hydrogens (primary N) is 7. The molecule has 82 heavy (non-hydrogen) atoms. The summed E-state index contributed by atoms with van der Waals surface area (Å²) in [5.74, 6) is -6.06. The molecular weight excluding hydrogens is 1080 g/mol. The zero-order chi connectivity index (χ0) is 59.8. The summed E-state index contributed by atoms with van der Waals surface area (Å²) in [6.45, 7) is -0.815. The summed E-state index contributed by atoms with van der Waals surface area (Å²) in [6.07, 6.45) is 4.20. The number of likely N-dealkylation sites (tertiary alicyclic amines) is 3. The number of aliphatic hydroxyl groups is 2. The van der Waals surface area contributed by atoms with E-state index in [1.807, 2.05) is 24.3 Å². The SMILES string of the molecule is NC(N)=NCCC[C@@H](N)C(=O)N[C@H](CCCN=C(N)N)C(=O)N1CCC[C@H]1C(=O)N1CC(O)C[C@H]1C(=O)NCC(=O)N[C@@H](CO)C(=S)N1Cc2ccccc2C[C@@H]1C(=O)N1[C@H](C(=O)N[C@@H](CCCN=C(N)N)C(=O)O)C[C@@H]2CCCC[C@@H]21. The van der Waals surface area contributed by atoms with E-state index in [2.05, 4.69) is 36.2 Å². The number of carbonyl (C=O) groups is 8. The van der Waals surface area contributed by atoms with Crippen molar-refractivity contribution in [2.75, 3.05) is 45.9 Å². The maximum absolute atomic E-state index is 15.3. The number of nitrogens with one attached hydrogen (secondary N) is 4. The van der Waals surface area contributed by atoms with Crippen molar-refractivity contribution in [1.29, 1.82) is 0 Å². The molecule has 21 N–H and O–H groups in total. The highest BCUT2D eigenvalue weighted by atomic mass is 32.1. The Labute approximate surface area is 481 Å². The van der Waals surface area contributed by atoms with Crippen LogP contribution in [0.4, 0.5) is 0 Å². The average molecular weight is 1170 g/mol. The molecule has 11 atom stereocenters. The predicted octanol–water partition coefficient (Wildman–Crippen LogP) is -5.01. The number of carboxylic acids is 1. The lowest BCUT2D eigenvalue weighted by molar-refractivity contribution is -0.148. The molecule has 5 aliphatic rings. The Morgan fingerprint density at radius 2 is 1.29 bits per heavy atom. The topological polar surface area (TPSA) is 478 Å². The number of hydrogen-bond acceptors (Lipinski definition) is 15. The van der Waals surface area contributed by atoms with Crippen molar-refractivity contribution >= 4 is 82.4 Å². The Hall–Kier alpha value is -7.44. The highest BCUT2D eigenvalue weighted by Gasteiger charge is 2.51. The van der Waals surface area contributed by atoms with Crippen molar-refractivity contribution in [3.8, 4) is 0 Å². The van der Waals surface area contributed by atoms with Gasteiger partial charge in [-0.05, 0) is 87.7 Å². The molecule has 29 nitrogen and oxygen atoms in total. The van der Waals surface area contributed by atoms with Gasteiger partial charge in [0.15, 0.2) is 17.9 Å². The fraction of sp³-hybridized carbons (Fsp3) is 0.654. The third-order valence-electron chi connectivity index (χ3n) is 15.8. The van der Waals surface area contributed by atoms with E-state index in [1.54, 1.807) is 9.80 Å². The molecule has 1 saturated carbocycles. The van der Waals surface area contributed by atoms with Gasteiger partial charge >= 0.3 is 5.97 Å². The molecule has 6 rings (SSSR count). The third kappa shape index (κ3) is 16.8. The molecular formula is C52H82N18O11S. The summed E-state index contributed by atoms with van der Waals surface area (Å²) in [5, 5.41) is 42.3. The summed E-state index contributed by atoms with van der Waals surface area (Å²) < 4.78 is 0. The van der Waals surface area contributed by atoms with Gasteiger partial charge in [0.1, 0.15) is 47.3 Å². The number of rotatable bonds is 26. The van der Waals surface area contributed by atoms with Crippen LogP contribution in [-0.2, 0) is 51.3 Å². The van der Waals surface area contributed by atoms with Gasteiger partial charge in [0.2, 0.25) is 41.4 Å². The van der Waals surface area contributed by atoms with Crippen molar-refractivity contribution in [1.82, 2.24) is 40.9 Å². The normalized spacial score (nSPS) is 23.4. The number of β-amino-alcohol motifs (C(OH)–C–C–N with tert-alkyl or cyclic N) is 1. The van der Waals surface area contributed by atoms with E-state index < -0.39 is 115 Å². The van der Waals surface area contributed by atoms with E-state index in [9.17, 15) is 48.9 Å². The number of benzene rings is 1. The number of guanidine groups is 3. The van der Waals surface area contributed by atoms with Crippen LogP contribution in [-0.4, -0.2) is 211 Å². The van der Waals surface area contributed by atoms with E-state index in [1.165, 1.54) is 9.80 Å². The summed E-state index contributed by atoms with van der Waals surface area (Å²) in [4.78, 5) is 129. The maximum Gasteiger partial charge on any atom is 0.326 e. The van der Waals surface area contributed by atoms with Crippen molar-refractivity contribution < 1.29 is 53.7 Å². The summed E-state index contributed by atoms with van der Waals surface area (Å²) in [6, 6.07) is -1.84. The molecule has 1 aromatic carbocycles. The Balaban J connectivity index is 1.12. The molecule has 4 aliphatic heterocycles. The lowest BCUT2D eigenvalue weighted by Crippen LogP contribution is -2.62. The number of hydrogen-bond donors (Lipinski definition) is 14. The monoisotopic (exact) mass is 1170 g/mol. The van der Waals surface area contributed by atoms with Gasteiger partial charge in [-0.25, -0.2) is 4.79 Å². The maximum atomic E-state index is 15.3. The first-order valence-electron chi connectivity index (χ1n) is 28.0. The molecule has 0 aromatic heterocycles. The van der Waals surface area contributed by atoms with Crippen molar-refractivity contribution in [3.05, 3.63) is 35.4 Å². The first-order valence-corrected chi connectivity index (χ1v) is 28.4. The fourth-order valence-corrected chi connectivity index (χ4v) is 12.1. The van der Waals surface area contributed by atoms with Gasteiger partial charge in [-0.1, -0.05) is 49.3 Å². The number of aliphatic hydroxyl groups excluding tert-OH is 2. The van der Waals surface area contributed by atoms with Gasteiger partial charge < -0.3 is 96.3 Å². The molecule has 0 bridgehead atoms. The highest BCUT2D eigenvalue weighted by Crippen LogP contribution is 2.41. The van der Waals surface area contributed by atoms with Gasteiger partial charge in [-0.15, -0.1) is 0 Å². The first-order chi connectivity index (χ1) is 39.1. The van der Waals surface area contributed by atoms with E-state index in [0.717, 1.165) is 30.4 Å². The summed E-state index contributed by atoms with van der Waals surface area (Å²) >= 11 is 6.00. The Bertz CT molecular complexity index is 2580. The molecule has 1 aromatic rings.